The average molecular weight is 216 g/mol. The molecule has 0 saturated heterocycles. The predicted octanol–water partition coefficient (Wildman–Crippen LogP) is 1.51. The number of alkyl halides is 3. The zero-order valence-electron chi connectivity index (χ0n) is 5.91. The second-order valence-corrected chi connectivity index (χ2v) is 3.45. The standard InChI is InChI=1S/C5H3F3O4S/c6-5(7,8)13(9,10)12-4-2-1-3-11-4/h1-3H. The minimum atomic E-state index is -5.61. The minimum absolute atomic E-state index is 0.725. The molecule has 0 bridgehead atoms. The van der Waals surface area contributed by atoms with Crippen LogP contribution in [0.2, 0.25) is 0 Å². The van der Waals surface area contributed by atoms with Crippen LogP contribution in [0.5, 0.6) is 5.95 Å². The Balaban J connectivity index is 2.87. The van der Waals surface area contributed by atoms with Crippen LogP contribution >= 0.6 is 0 Å². The normalized spacial score (nSPS) is 12.8. The third-order valence-electron chi connectivity index (χ3n) is 0.970. The van der Waals surface area contributed by atoms with Gasteiger partial charge in [0.05, 0.1) is 6.26 Å². The van der Waals surface area contributed by atoms with Crippen molar-refractivity contribution in [1.82, 2.24) is 0 Å². The maximum Gasteiger partial charge on any atom is 0.534 e. The van der Waals surface area contributed by atoms with Gasteiger partial charge in [0.1, 0.15) is 0 Å². The molecule has 1 aromatic heterocycles. The smallest absolute Gasteiger partial charge is 0.433 e. The fourth-order valence-corrected chi connectivity index (χ4v) is 0.872. The molecule has 4 nitrogen and oxygen atoms in total. The van der Waals surface area contributed by atoms with Gasteiger partial charge in [0.25, 0.3) is 0 Å². The van der Waals surface area contributed by atoms with Crippen molar-refractivity contribution in [3.8, 4) is 5.95 Å². The monoisotopic (exact) mass is 216 g/mol. The highest BCUT2D eigenvalue weighted by Gasteiger charge is 2.49. The zero-order chi connectivity index (χ0) is 10.1. The predicted molar refractivity (Wildman–Crippen MR) is 34.3 cm³/mol. The van der Waals surface area contributed by atoms with Crippen LogP contribution in [0.3, 0.4) is 0 Å². The molecular formula is C5H3F3O4S. The van der Waals surface area contributed by atoms with Gasteiger partial charge in [-0.25, -0.2) is 0 Å². The van der Waals surface area contributed by atoms with Crippen LogP contribution in [-0.4, -0.2) is 13.9 Å². The van der Waals surface area contributed by atoms with Gasteiger partial charge < -0.3 is 8.60 Å². The first-order chi connectivity index (χ1) is 5.83. The highest BCUT2D eigenvalue weighted by Crippen LogP contribution is 2.26. The second-order valence-electron chi connectivity index (χ2n) is 1.92. The summed E-state index contributed by atoms with van der Waals surface area (Å²) in [6.07, 6.45) is 0.987. The van der Waals surface area contributed by atoms with E-state index >= 15 is 0 Å². The molecule has 1 rings (SSSR count). The average Bonchev–Trinajstić information content (AvgIpc) is 2.35. The number of hydrogen-bond donors (Lipinski definition) is 0. The van der Waals surface area contributed by atoms with E-state index < -0.39 is 21.6 Å². The molecule has 0 aromatic carbocycles. The third-order valence-corrected chi connectivity index (χ3v) is 1.92. The second kappa shape index (κ2) is 2.95. The zero-order valence-corrected chi connectivity index (χ0v) is 6.72. The van der Waals surface area contributed by atoms with Gasteiger partial charge in [0.2, 0.25) is 0 Å². The molecule has 1 heterocycles. The lowest BCUT2D eigenvalue weighted by Crippen LogP contribution is -2.27. The molecule has 13 heavy (non-hydrogen) atoms. The minimum Gasteiger partial charge on any atom is -0.433 e. The topological polar surface area (TPSA) is 56.5 Å². The Labute approximate surface area is 71.0 Å². The Morgan fingerprint density at radius 2 is 2.00 bits per heavy atom. The lowest BCUT2D eigenvalue weighted by molar-refractivity contribution is -0.0506. The number of halogens is 3. The molecule has 8 heteroatoms. The number of hydrogen-bond acceptors (Lipinski definition) is 4. The van der Waals surface area contributed by atoms with Crippen molar-refractivity contribution >= 4 is 10.1 Å². The summed E-state index contributed by atoms with van der Waals surface area (Å²) in [4.78, 5) is 0. The van der Waals surface area contributed by atoms with E-state index in [1.807, 2.05) is 0 Å². The molecule has 1 aromatic rings. The highest BCUT2D eigenvalue weighted by molar-refractivity contribution is 7.87. The number of rotatable bonds is 2. The first-order valence-electron chi connectivity index (χ1n) is 2.87. The van der Waals surface area contributed by atoms with E-state index in [0.29, 0.717) is 0 Å². The summed E-state index contributed by atoms with van der Waals surface area (Å²) in [6.45, 7) is 0. The molecule has 0 aliphatic rings. The summed E-state index contributed by atoms with van der Waals surface area (Å²) >= 11 is 0. The van der Waals surface area contributed by atoms with E-state index in [2.05, 4.69) is 8.60 Å². The van der Waals surface area contributed by atoms with Gasteiger partial charge in [0.15, 0.2) is 0 Å². The van der Waals surface area contributed by atoms with Crippen LogP contribution in [-0.2, 0) is 10.1 Å². The quantitative estimate of drug-likeness (QED) is 0.555. The Bertz CT molecular complexity index is 363. The van der Waals surface area contributed by atoms with Crippen molar-refractivity contribution in [2.75, 3.05) is 0 Å². The summed E-state index contributed by atoms with van der Waals surface area (Å²) in [5.41, 5.74) is -5.44. The first kappa shape index (κ1) is 9.90. The molecule has 0 saturated carbocycles. The highest BCUT2D eigenvalue weighted by atomic mass is 32.2. The molecular weight excluding hydrogens is 213 g/mol. The summed E-state index contributed by atoms with van der Waals surface area (Å²) < 4.78 is 63.5. The van der Waals surface area contributed by atoms with Gasteiger partial charge in [-0.1, -0.05) is 0 Å². The van der Waals surface area contributed by atoms with Crippen molar-refractivity contribution in [1.29, 1.82) is 0 Å². The number of furan rings is 1. The summed E-state index contributed by atoms with van der Waals surface area (Å²) in [6, 6.07) is 2.14. The Morgan fingerprint density at radius 3 is 2.38 bits per heavy atom. The third kappa shape index (κ3) is 2.14. The molecule has 0 radical (unpaired) electrons. The van der Waals surface area contributed by atoms with Crippen molar-refractivity contribution in [3.63, 3.8) is 0 Å². The first-order valence-corrected chi connectivity index (χ1v) is 4.28. The fraction of sp³-hybridized carbons (Fsp3) is 0.200. The van der Waals surface area contributed by atoms with Gasteiger partial charge in [0, 0.05) is 6.07 Å². The maximum absolute atomic E-state index is 11.7. The molecule has 0 aliphatic heterocycles. The molecule has 0 amide bonds. The van der Waals surface area contributed by atoms with E-state index in [1.165, 1.54) is 6.07 Å². The lowest BCUT2D eigenvalue weighted by atomic mass is 10.7. The van der Waals surface area contributed by atoms with Gasteiger partial charge in [-0.2, -0.15) is 21.6 Å². The van der Waals surface area contributed by atoms with E-state index in [0.717, 1.165) is 12.3 Å². The Kier molecular flexibility index (Phi) is 2.24. The summed E-state index contributed by atoms with van der Waals surface area (Å²) in [5, 5.41) is 0. The van der Waals surface area contributed by atoms with Crippen molar-refractivity contribution in [3.05, 3.63) is 18.4 Å². The van der Waals surface area contributed by atoms with Gasteiger partial charge in [-0.3, -0.25) is 0 Å². The Hall–Kier alpha value is -1.18. The molecule has 0 aliphatic carbocycles. The molecule has 0 atom stereocenters. The summed E-state index contributed by atoms with van der Waals surface area (Å²) in [5.74, 6) is -0.725. The van der Waals surface area contributed by atoms with Crippen molar-refractivity contribution < 1.29 is 30.2 Å². The van der Waals surface area contributed by atoms with E-state index in [4.69, 9.17) is 0 Å². The van der Waals surface area contributed by atoms with E-state index in [-0.39, 0.29) is 0 Å². The van der Waals surface area contributed by atoms with Crippen LogP contribution in [0.1, 0.15) is 0 Å². The molecule has 0 fully saturated rings. The van der Waals surface area contributed by atoms with Gasteiger partial charge in [-0.05, 0) is 6.07 Å². The van der Waals surface area contributed by atoms with Gasteiger partial charge >= 0.3 is 21.6 Å². The molecule has 0 unspecified atom stereocenters. The van der Waals surface area contributed by atoms with Crippen LogP contribution in [0.15, 0.2) is 22.8 Å². The summed E-state index contributed by atoms with van der Waals surface area (Å²) in [7, 11) is -5.61. The van der Waals surface area contributed by atoms with E-state index in [1.54, 1.807) is 0 Å². The van der Waals surface area contributed by atoms with Crippen LogP contribution < -0.4 is 4.18 Å². The van der Waals surface area contributed by atoms with Crippen LogP contribution in [0.4, 0.5) is 13.2 Å². The lowest BCUT2D eigenvalue weighted by Gasteiger charge is -2.05. The largest absolute Gasteiger partial charge is 0.534 e. The fourth-order valence-electron chi connectivity index (χ4n) is 0.466. The SMILES string of the molecule is O=S(=O)(Oc1ccco1)C(F)(F)F. The molecule has 0 N–H and O–H groups in total. The Morgan fingerprint density at radius 1 is 1.38 bits per heavy atom. The van der Waals surface area contributed by atoms with Crippen LogP contribution in [0, 0.1) is 0 Å². The van der Waals surface area contributed by atoms with Crippen molar-refractivity contribution in [2.45, 2.75) is 5.51 Å². The van der Waals surface area contributed by atoms with Gasteiger partial charge in [-0.15, -0.1) is 0 Å². The molecule has 0 spiro atoms. The van der Waals surface area contributed by atoms with E-state index in [9.17, 15) is 21.6 Å². The van der Waals surface area contributed by atoms with Crippen molar-refractivity contribution in [2.24, 2.45) is 0 Å². The van der Waals surface area contributed by atoms with Crippen LogP contribution in [0.25, 0.3) is 0 Å². The maximum atomic E-state index is 11.7. The molecule has 74 valence electrons.